The van der Waals surface area contributed by atoms with Crippen LogP contribution in [-0.2, 0) is 6.42 Å². The van der Waals surface area contributed by atoms with Crippen molar-refractivity contribution in [2.75, 3.05) is 0 Å². The third-order valence-electron chi connectivity index (χ3n) is 5.23. The molecule has 0 spiro atoms. The van der Waals surface area contributed by atoms with Crippen molar-refractivity contribution in [2.24, 2.45) is 5.41 Å². The maximum absolute atomic E-state index is 3.66. The Labute approximate surface area is 179 Å². The highest BCUT2D eigenvalue weighted by Crippen LogP contribution is 2.24. The number of unbranched alkanes of at least 4 members (excludes halogenated alkanes) is 5. The molecule has 0 N–H and O–H groups in total. The molecule has 0 bridgehead atoms. The van der Waals surface area contributed by atoms with Gasteiger partial charge in [-0.2, -0.15) is 0 Å². The molecule has 0 amide bonds. The zero-order valence-corrected chi connectivity index (χ0v) is 18.7. The van der Waals surface area contributed by atoms with Gasteiger partial charge >= 0.3 is 0 Å². The maximum atomic E-state index is 3.66. The lowest BCUT2D eigenvalue weighted by Gasteiger charge is -2.19. The molecule has 29 heavy (non-hydrogen) atoms. The number of rotatable bonds is 12. The quantitative estimate of drug-likeness (QED) is 0.194. The fraction of sp³-hybridized carbons (Fsp3) is 0.414. The van der Waals surface area contributed by atoms with E-state index < -0.39 is 0 Å². The summed E-state index contributed by atoms with van der Waals surface area (Å²) in [7, 11) is 0. The van der Waals surface area contributed by atoms with E-state index in [1.807, 2.05) is 0 Å². The van der Waals surface area contributed by atoms with Gasteiger partial charge in [-0.25, -0.2) is 0 Å². The van der Waals surface area contributed by atoms with E-state index in [4.69, 9.17) is 0 Å². The van der Waals surface area contributed by atoms with Gasteiger partial charge in [-0.15, -0.1) is 5.73 Å². The monoisotopic (exact) mass is 386 g/mol. The second-order valence-electron chi connectivity index (χ2n) is 8.73. The van der Waals surface area contributed by atoms with E-state index >= 15 is 0 Å². The Morgan fingerprint density at radius 3 is 2.14 bits per heavy atom. The zero-order valence-electron chi connectivity index (χ0n) is 18.7. The average Bonchev–Trinajstić information content (AvgIpc) is 2.73. The van der Waals surface area contributed by atoms with E-state index in [1.165, 1.54) is 55.2 Å². The van der Waals surface area contributed by atoms with Gasteiger partial charge in [0.2, 0.25) is 0 Å². The van der Waals surface area contributed by atoms with Crippen molar-refractivity contribution in [3.63, 3.8) is 0 Å². The van der Waals surface area contributed by atoms with Gasteiger partial charge in [-0.3, -0.25) is 0 Å². The molecular weight excluding hydrogens is 348 g/mol. The predicted octanol–water partition coefficient (Wildman–Crippen LogP) is 8.80. The highest BCUT2D eigenvalue weighted by Gasteiger charge is 2.14. The molecule has 0 radical (unpaired) electrons. The Balaban J connectivity index is 2.06. The van der Waals surface area contributed by atoms with Gasteiger partial charge in [0.05, 0.1) is 0 Å². The molecule has 0 aromatic heterocycles. The number of benzene rings is 2. The van der Waals surface area contributed by atoms with Crippen LogP contribution in [0.3, 0.4) is 0 Å². The van der Waals surface area contributed by atoms with Crippen LogP contribution in [0.5, 0.6) is 0 Å². The minimum atomic E-state index is 0.0916. The second-order valence-corrected chi connectivity index (χ2v) is 8.73. The van der Waals surface area contributed by atoms with Crippen LogP contribution in [0.15, 0.2) is 84.1 Å². The van der Waals surface area contributed by atoms with E-state index in [2.05, 4.69) is 105 Å². The zero-order chi connectivity index (χ0) is 20.8. The van der Waals surface area contributed by atoms with Crippen LogP contribution in [0.25, 0.3) is 6.08 Å². The first kappa shape index (κ1) is 23.0. The fourth-order valence-electron chi connectivity index (χ4n) is 3.52. The first-order valence-electron chi connectivity index (χ1n) is 11.3. The molecule has 2 rings (SSSR count). The molecule has 0 heteroatoms. The van der Waals surface area contributed by atoms with Crippen molar-refractivity contribution in [2.45, 2.75) is 72.1 Å². The Morgan fingerprint density at radius 1 is 0.828 bits per heavy atom. The summed E-state index contributed by atoms with van der Waals surface area (Å²) in [6, 6.07) is 21.3. The summed E-state index contributed by atoms with van der Waals surface area (Å²) in [5, 5.41) is 0. The molecule has 0 atom stereocenters. The minimum Gasteiger partial charge on any atom is -0.121 e. The first-order chi connectivity index (χ1) is 14.1. The largest absolute Gasteiger partial charge is 0.121 e. The second kappa shape index (κ2) is 13.0. The van der Waals surface area contributed by atoms with Gasteiger partial charge in [0.15, 0.2) is 0 Å². The van der Waals surface area contributed by atoms with Crippen LogP contribution < -0.4 is 0 Å². The van der Waals surface area contributed by atoms with Crippen molar-refractivity contribution in [3.05, 3.63) is 95.2 Å². The van der Waals surface area contributed by atoms with Crippen molar-refractivity contribution in [1.82, 2.24) is 0 Å². The van der Waals surface area contributed by atoms with Gasteiger partial charge in [0, 0.05) is 0 Å². The molecular formula is C29H38. The molecule has 0 unspecified atom stereocenters. The van der Waals surface area contributed by atoms with Crippen LogP contribution in [0.1, 0.15) is 76.8 Å². The molecule has 0 saturated heterocycles. The third kappa shape index (κ3) is 10.2. The average molecular weight is 387 g/mol. The standard InChI is InChI=1S/C29H38/c1-4-5-6-7-8-11-18-27(22-21-26-16-12-9-13-17-26)23-24-29(2,3)25-28-19-14-10-15-20-28/h9-10,12-17,19-22,24H,4-8,11,18,25H2,1-3H3/b22-21+. The van der Waals surface area contributed by atoms with E-state index in [-0.39, 0.29) is 5.41 Å². The summed E-state index contributed by atoms with van der Waals surface area (Å²) >= 11 is 0. The van der Waals surface area contributed by atoms with Crippen molar-refractivity contribution >= 4 is 6.08 Å². The SMILES string of the molecule is CCCCCCCCC(=C=CC(C)(C)Cc1ccccc1)/C=C/c1ccccc1. The van der Waals surface area contributed by atoms with Crippen LogP contribution in [0.4, 0.5) is 0 Å². The Morgan fingerprint density at radius 2 is 1.45 bits per heavy atom. The van der Waals surface area contributed by atoms with Crippen molar-refractivity contribution in [1.29, 1.82) is 0 Å². The van der Waals surface area contributed by atoms with Crippen molar-refractivity contribution in [3.8, 4) is 0 Å². The van der Waals surface area contributed by atoms with Gasteiger partial charge < -0.3 is 0 Å². The molecule has 0 aliphatic carbocycles. The summed E-state index contributed by atoms with van der Waals surface area (Å²) < 4.78 is 0. The Kier molecular flexibility index (Phi) is 10.3. The van der Waals surface area contributed by atoms with E-state index in [0.29, 0.717) is 0 Å². The molecule has 2 aromatic carbocycles. The summed E-state index contributed by atoms with van der Waals surface area (Å²) in [5.41, 5.74) is 7.69. The summed E-state index contributed by atoms with van der Waals surface area (Å²) in [4.78, 5) is 0. The van der Waals surface area contributed by atoms with Crippen LogP contribution in [-0.4, -0.2) is 0 Å². The maximum Gasteiger partial charge on any atom is -0.00586 e. The lowest BCUT2D eigenvalue weighted by molar-refractivity contribution is 0.478. The highest BCUT2D eigenvalue weighted by atomic mass is 14.2. The molecule has 0 nitrogen and oxygen atoms in total. The summed E-state index contributed by atoms with van der Waals surface area (Å²) in [6.45, 7) is 6.88. The highest BCUT2D eigenvalue weighted by molar-refractivity contribution is 5.52. The van der Waals surface area contributed by atoms with Gasteiger partial charge in [0.1, 0.15) is 0 Å². The molecule has 2 aromatic rings. The number of hydrogen-bond donors (Lipinski definition) is 0. The molecule has 0 saturated carbocycles. The smallest absolute Gasteiger partial charge is 0.00586 e. The number of hydrogen-bond acceptors (Lipinski definition) is 0. The third-order valence-corrected chi connectivity index (χ3v) is 5.23. The molecule has 0 aliphatic heterocycles. The lowest BCUT2D eigenvalue weighted by atomic mass is 9.85. The van der Waals surface area contributed by atoms with Gasteiger partial charge in [-0.1, -0.05) is 126 Å². The van der Waals surface area contributed by atoms with Crippen LogP contribution in [0.2, 0.25) is 0 Å². The minimum absolute atomic E-state index is 0.0916. The Hall–Kier alpha value is -2.30. The molecule has 154 valence electrons. The van der Waals surface area contributed by atoms with Gasteiger partial charge in [0.25, 0.3) is 0 Å². The number of allylic oxidation sites excluding steroid dienone is 2. The van der Waals surface area contributed by atoms with E-state index in [0.717, 1.165) is 12.8 Å². The topological polar surface area (TPSA) is 0 Å². The van der Waals surface area contributed by atoms with E-state index in [9.17, 15) is 0 Å². The fourth-order valence-corrected chi connectivity index (χ4v) is 3.52. The molecule has 0 aliphatic rings. The van der Waals surface area contributed by atoms with Crippen molar-refractivity contribution < 1.29 is 0 Å². The molecule has 0 fully saturated rings. The summed E-state index contributed by atoms with van der Waals surface area (Å²) in [6.07, 6.45) is 16.9. The summed E-state index contributed by atoms with van der Waals surface area (Å²) in [5.74, 6) is 0. The van der Waals surface area contributed by atoms with Crippen LogP contribution in [0, 0.1) is 5.41 Å². The van der Waals surface area contributed by atoms with Gasteiger partial charge in [-0.05, 0) is 47.5 Å². The molecule has 0 heterocycles. The normalized spacial score (nSPS) is 11.4. The van der Waals surface area contributed by atoms with Crippen LogP contribution >= 0.6 is 0 Å². The van der Waals surface area contributed by atoms with E-state index in [1.54, 1.807) is 0 Å². The first-order valence-corrected chi connectivity index (χ1v) is 11.3. The predicted molar refractivity (Wildman–Crippen MR) is 129 cm³/mol. The lowest BCUT2D eigenvalue weighted by Crippen LogP contribution is -2.10. The Bertz CT molecular complexity index is 771.